The first-order chi connectivity index (χ1) is 10.3. The van der Waals surface area contributed by atoms with E-state index >= 15 is 0 Å². The van der Waals surface area contributed by atoms with Gasteiger partial charge in [0.25, 0.3) is 5.69 Å². The molecule has 2 N–H and O–H groups in total. The molecule has 0 saturated carbocycles. The molecule has 0 spiro atoms. The molecule has 9 heteroatoms. The molecular formula is C13H13N3O6. The van der Waals surface area contributed by atoms with Crippen LogP contribution in [-0.4, -0.2) is 36.4 Å². The van der Waals surface area contributed by atoms with Crippen LogP contribution in [0.5, 0.6) is 0 Å². The Hall–Kier alpha value is -2.97. The van der Waals surface area contributed by atoms with Crippen molar-refractivity contribution in [1.29, 1.82) is 0 Å². The number of anilines is 1. The van der Waals surface area contributed by atoms with Crippen LogP contribution in [0, 0.1) is 16.0 Å². The van der Waals surface area contributed by atoms with E-state index in [0.717, 1.165) is 19.2 Å². The topological polar surface area (TPSA) is 133 Å². The van der Waals surface area contributed by atoms with Crippen LogP contribution in [0.15, 0.2) is 18.2 Å². The number of non-ortho nitro benzene ring substituents is 1. The minimum Gasteiger partial charge on any atom is -0.465 e. The molecule has 1 aliphatic rings. The smallest absolute Gasteiger partial charge is 0.338 e. The van der Waals surface area contributed by atoms with Gasteiger partial charge in [0.1, 0.15) is 0 Å². The van der Waals surface area contributed by atoms with E-state index in [2.05, 4.69) is 4.74 Å². The quantitative estimate of drug-likeness (QED) is 0.480. The standard InChI is InChI=1S/C13H13N3O6/c1-22-13(19)7-2-9(5-10(3-7)16(20)21)15-6-8(12(14)18)4-11(15)17/h2-3,5,8H,4,6H2,1H3,(H2,14,18). The number of hydrogen-bond acceptors (Lipinski definition) is 6. The van der Waals surface area contributed by atoms with Gasteiger partial charge in [0.05, 0.1) is 29.2 Å². The highest BCUT2D eigenvalue weighted by Crippen LogP contribution is 2.29. The summed E-state index contributed by atoms with van der Waals surface area (Å²) >= 11 is 0. The van der Waals surface area contributed by atoms with Crippen molar-refractivity contribution in [1.82, 2.24) is 0 Å². The zero-order valence-corrected chi connectivity index (χ0v) is 11.6. The van der Waals surface area contributed by atoms with Crippen LogP contribution in [0.25, 0.3) is 0 Å². The third-order valence-corrected chi connectivity index (χ3v) is 3.37. The third-order valence-electron chi connectivity index (χ3n) is 3.37. The predicted molar refractivity (Wildman–Crippen MR) is 74.1 cm³/mol. The Balaban J connectivity index is 2.44. The van der Waals surface area contributed by atoms with Gasteiger partial charge in [-0.25, -0.2) is 4.79 Å². The van der Waals surface area contributed by atoms with Gasteiger partial charge in [-0.15, -0.1) is 0 Å². The summed E-state index contributed by atoms with van der Waals surface area (Å²) in [5.74, 6) is -2.43. The number of hydrogen-bond donors (Lipinski definition) is 1. The van der Waals surface area contributed by atoms with E-state index in [1.807, 2.05) is 0 Å². The summed E-state index contributed by atoms with van der Waals surface area (Å²) in [4.78, 5) is 46.2. The largest absolute Gasteiger partial charge is 0.465 e. The first-order valence-electron chi connectivity index (χ1n) is 6.31. The van der Waals surface area contributed by atoms with Gasteiger partial charge in [0.2, 0.25) is 11.8 Å². The van der Waals surface area contributed by atoms with E-state index in [1.54, 1.807) is 0 Å². The van der Waals surface area contributed by atoms with Gasteiger partial charge in [-0.3, -0.25) is 19.7 Å². The van der Waals surface area contributed by atoms with Crippen molar-refractivity contribution in [3.63, 3.8) is 0 Å². The maximum atomic E-state index is 12.0. The van der Waals surface area contributed by atoms with E-state index < -0.39 is 22.7 Å². The lowest BCUT2D eigenvalue weighted by atomic mass is 10.1. The molecule has 9 nitrogen and oxygen atoms in total. The fourth-order valence-corrected chi connectivity index (χ4v) is 2.24. The molecule has 0 bridgehead atoms. The lowest BCUT2D eigenvalue weighted by Crippen LogP contribution is -2.28. The second kappa shape index (κ2) is 5.80. The highest BCUT2D eigenvalue weighted by molar-refractivity contribution is 6.01. The zero-order valence-electron chi connectivity index (χ0n) is 11.6. The fourth-order valence-electron chi connectivity index (χ4n) is 2.24. The molecule has 1 heterocycles. The molecule has 1 atom stereocenters. The number of ether oxygens (including phenoxy) is 1. The summed E-state index contributed by atoms with van der Waals surface area (Å²) in [7, 11) is 1.14. The minimum atomic E-state index is -0.761. The number of carbonyl (C=O) groups is 3. The maximum Gasteiger partial charge on any atom is 0.338 e. The first kappa shape index (κ1) is 15.4. The van der Waals surface area contributed by atoms with E-state index in [1.165, 1.54) is 11.0 Å². The Morgan fingerprint density at radius 3 is 2.59 bits per heavy atom. The van der Waals surface area contributed by atoms with Crippen LogP contribution in [0.3, 0.4) is 0 Å². The fraction of sp³-hybridized carbons (Fsp3) is 0.308. The summed E-state index contributed by atoms with van der Waals surface area (Å²) < 4.78 is 4.54. The van der Waals surface area contributed by atoms with Crippen LogP contribution in [0.1, 0.15) is 16.8 Å². The van der Waals surface area contributed by atoms with Crippen molar-refractivity contribution in [2.24, 2.45) is 11.7 Å². The number of rotatable bonds is 4. The average Bonchev–Trinajstić information content (AvgIpc) is 2.88. The molecule has 1 aromatic rings. The average molecular weight is 307 g/mol. The van der Waals surface area contributed by atoms with Crippen molar-refractivity contribution < 1.29 is 24.0 Å². The number of nitrogens with zero attached hydrogens (tertiary/aromatic N) is 2. The molecule has 0 aliphatic carbocycles. The summed E-state index contributed by atoms with van der Waals surface area (Å²) in [6.07, 6.45) is -0.0639. The van der Waals surface area contributed by atoms with Gasteiger partial charge in [-0.2, -0.15) is 0 Å². The monoisotopic (exact) mass is 307 g/mol. The lowest BCUT2D eigenvalue weighted by molar-refractivity contribution is -0.384. The number of benzene rings is 1. The molecule has 1 unspecified atom stereocenters. The van der Waals surface area contributed by atoms with Crippen LogP contribution in [-0.2, 0) is 14.3 Å². The summed E-state index contributed by atoms with van der Waals surface area (Å²) in [5.41, 5.74) is 4.93. The zero-order chi connectivity index (χ0) is 16.4. The van der Waals surface area contributed by atoms with Gasteiger partial charge in [-0.1, -0.05) is 0 Å². The van der Waals surface area contributed by atoms with Gasteiger partial charge in [-0.05, 0) is 6.07 Å². The Morgan fingerprint density at radius 2 is 2.09 bits per heavy atom. The second-order valence-corrected chi connectivity index (χ2v) is 4.79. The summed E-state index contributed by atoms with van der Waals surface area (Å²) in [6, 6.07) is 3.52. The highest BCUT2D eigenvalue weighted by atomic mass is 16.6. The van der Waals surface area contributed by atoms with Crippen molar-refractivity contribution in [2.45, 2.75) is 6.42 Å². The van der Waals surface area contributed by atoms with Crippen molar-refractivity contribution in [3.05, 3.63) is 33.9 Å². The number of primary amides is 1. The number of esters is 1. The number of methoxy groups -OCH3 is 1. The molecule has 0 radical (unpaired) electrons. The Bertz CT molecular complexity index is 672. The summed E-state index contributed by atoms with van der Waals surface area (Å²) in [6.45, 7) is 0.0238. The van der Waals surface area contributed by atoms with Gasteiger partial charge < -0.3 is 15.4 Å². The van der Waals surface area contributed by atoms with E-state index in [-0.39, 0.29) is 35.8 Å². The number of nitro groups is 1. The molecule has 1 fully saturated rings. The minimum absolute atomic E-state index is 0.0238. The molecule has 0 aromatic heterocycles. The Morgan fingerprint density at radius 1 is 1.41 bits per heavy atom. The van der Waals surface area contributed by atoms with Crippen LogP contribution >= 0.6 is 0 Å². The molecule has 2 rings (SSSR count). The Kier molecular flexibility index (Phi) is 4.06. The van der Waals surface area contributed by atoms with Crippen LogP contribution in [0.4, 0.5) is 11.4 Å². The number of carbonyl (C=O) groups excluding carboxylic acids is 3. The van der Waals surface area contributed by atoms with E-state index in [9.17, 15) is 24.5 Å². The van der Waals surface area contributed by atoms with Crippen LogP contribution in [0.2, 0.25) is 0 Å². The molecule has 1 aromatic carbocycles. The Labute approximate surface area is 124 Å². The van der Waals surface area contributed by atoms with Crippen molar-refractivity contribution in [3.8, 4) is 0 Å². The second-order valence-electron chi connectivity index (χ2n) is 4.79. The predicted octanol–water partition coefficient (Wildman–Crippen LogP) is 0.220. The lowest BCUT2D eigenvalue weighted by Gasteiger charge is -2.16. The molecule has 1 saturated heterocycles. The van der Waals surface area contributed by atoms with Gasteiger partial charge in [0, 0.05) is 25.1 Å². The number of nitrogens with two attached hydrogens (primary N) is 1. The molecule has 1 aliphatic heterocycles. The van der Waals surface area contributed by atoms with Crippen molar-refractivity contribution >= 4 is 29.2 Å². The third kappa shape index (κ3) is 2.87. The van der Waals surface area contributed by atoms with E-state index in [0.29, 0.717) is 0 Å². The molecule has 22 heavy (non-hydrogen) atoms. The molecular weight excluding hydrogens is 294 g/mol. The maximum absolute atomic E-state index is 12.0. The number of amides is 2. The highest BCUT2D eigenvalue weighted by Gasteiger charge is 2.35. The number of nitro benzene ring substituents is 1. The SMILES string of the molecule is COC(=O)c1cc(N2CC(C(N)=O)CC2=O)cc([N+](=O)[O-])c1. The van der Waals surface area contributed by atoms with Crippen molar-refractivity contribution in [2.75, 3.05) is 18.6 Å². The normalized spacial score (nSPS) is 17.4. The van der Waals surface area contributed by atoms with E-state index in [4.69, 9.17) is 5.73 Å². The van der Waals surface area contributed by atoms with Gasteiger partial charge >= 0.3 is 5.97 Å². The molecule has 116 valence electrons. The molecule has 2 amide bonds. The van der Waals surface area contributed by atoms with Gasteiger partial charge in [0.15, 0.2) is 0 Å². The summed E-state index contributed by atoms with van der Waals surface area (Å²) in [5, 5.41) is 11.0. The first-order valence-corrected chi connectivity index (χ1v) is 6.31. The van der Waals surface area contributed by atoms with Crippen LogP contribution < -0.4 is 10.6 Å².